The highest BCUT2D eigenvalue weighted by Gasteiger charge is 2.25. The Kier molecular flexibility index (Phi) is 4.87. The summed E-state index contributed by atoms with van der Waals surface area (Å²) in [5, 5.41) is 31.1. The lowest BCUT2D eigenvalue weighted by molar-refractivity contribution is 0.319. The predicted molar refractivity (Wildman–Crippen MR) is 113 cm³/mol. The second kappa shape index (κ2) is 7.50. The lowest BCUT2D eigenvalue weighted by Crippen LogP contribution is -2.31. The lowest BCUT2D eigenvalue weighted by atomic mass is 9.96. The highest BCUT2D eigenvalue weighted by Crippen LogP contribution is 2.33. The van der Waals surface area contributed by atoms with Crippen molar-refractivity contribution in [2.45, 2.75) is 32.7 Å². The van der Waals surface area contributed by atoms with Crippen LogP contribution in [0.5, 0.6) is 0 Å². The van der Waals surface area contributed by atoms with Crippen LogP contribution < -0.4 is 10.6 Å². The van der Waals surface area contributed by atoms with Gasteiger partial charge in [0.2, 0.25) is 5.84 Å². The number of hydrogen-bond donors (Lipinski definition) is 4. The van der Waals surface area contributed by atoms with E-state index < -0.39 is 0 Å². The molecule has 4 rings (SSSR count). The largest absolute Gasteiger partial charge is 0.409 e. The van der Waals surface area contributed by atoms with Crippen molar-refractivity contribution < 1.29 is 5.21 Å². The first-order valence-electron chi connectivity index (χ1n) is 9.58. The van der Waals surface area contributed by atoms with E-state index in [4.69, 9.17) is 15.6 Å². The topological polar surface area (TPSA) is 124 Å². The minimum atomic E-state index is 0.00452. The third-order valence-electron chi connectivity index (χ3n) is 5.40. The summed E-state index contributed by atoms with van der Waals surface area (Å²) in [5.41, 5.74) is 6.50. The van der Waals surface area contributed by atoms with Crippen molar-refractivity contribution in [1.82, 2.24) is 20.1 Å². The van der Waals surface area contributed by atoms with E-state index >= 15 is 0 Å². The summed E-state index contributed by atoms with van der Waals surface area (Å²) in [6.07, 6.45) is 4.59. The summed E-state index contributed by atoms with van der Waals surface area (Å²) in [7, 11) is 3.61. The molecule has 0 unspecified atom stereocenters. The van der Waals surface area contributed by atoms with Gasteiger partial charge in [-0.3, -0.25) is 10.1 Å². The number of pyridine rings is 1. The molecule has 29 heavy (non-hydrogen) atoms. The fourth-order valence-electron chi connectivity index (χ4n) is 3.97. The molecule has 0 fully saturated rings. The molecule has 0 atom stereocenters. The molecule has 2 aliphatic heterocycles. The van der Waals surface area contributed by atoms with Gasteiger partial charge in [0.25, 0.3) is 0 Å². The van der Waals surface area contributed by atoms with Crippen molar-refractivity contribution in [2.24, 2.45) is 10.1 Å². The molecule has 0 radical (unpaired) electrons. The molecule has 0 spiro atoms. The molecule has 0 saturated heterocycles. The van der Waals surface area contributed by atoms with Gasteiger partial charge in [-0.05, 0) is 31.9 Å². The highest BCUT2D eigenvalue weighted by atomic mass is 16.4. The maximum Gasteiger partial charge on any atom is 0.218 e. The number of allylic oxidation sites excluding steroid dienone is 1. The van der Waals surface area contributed by atoms with Crippen molar-refractivity contribution in [1.29, 1.82) is 5.41 Å². The molecule has 2 aromatic heterocycles. The van der Waals surface area contributed by atoms with Gasteiger partial charge >= 0.3 is 0 Å². The summed E-state index contributed by atoms with van der Waals surface area (Å²) in [6, 6.07) is 4.08. The van der Waals surface area contributed by atoms with Crippen LogP contribution in [-0.2, 0) is 19.4 Å². The SMILES string of the molecule is CNC1=C(Cc2ccc(-c3cnn4c3CCC4)c(NC)n2)C(C)=N/C(=N/O)C1=N. The van der Waals surface area contributed by atoms with Gasteiger partial charge in [0.15, 0.2) is 0 Å². The number of rotatable bonds is 5. The van der Waals surface area contributed by atoms with Crippen molar-refractivity contribution in [3.63, 3.8) is 0 Å². The summed E-state index contributed by atoms with van der Waals surface area (Å²) in [5.74, 6) is 0.805. The summed E-state index contributed by atoms with van der Waals surface area (Å²) < 4.78 is 2.07. The first-order chi connectivity index (χ1) is 14.1. The Hall–Kier alpha value is -3.49. The molecule has 4 heterocycles. The lowest BCUT2D eigenvalue weighted by Gasteiger charge is -2.20. The van der Waals surface area contributed by atoms with Crippen LogP contribution in [0.1, 0.15) is 24.7 Å². The zero-order chi connectivity index (χ0) is 20.5. The Balaban J connectivity index is 1.70. The van der Waals surface area contributed by atoms with Crippen molar-refractivity contribution in [2.75, 3.05) is 19.4 Å². The van der Waals surface area contributed by atoms with Gasteiger partial charge in [0, 0.05) is 60.9 Å². The van der Waals surface area contributed by atoms with Crippen LogP contribution in [0.15, 0.2) is 39.7 Å². The number of fused-ring (bicyclic) bond motifs is 1. The molecule has 2 aliphatic rings. The van der Waals surface area contributed by atoms with Crippen LogP contribution in [0.3, 0.4) is 0 Å². The summed E-state index contributed by atoms with van der Waals surface area (Å²) in [4.78, 5) is 9.06. The Bertz CT molecular complexity index is 1080. The van der Waals surface area contributed by atoms with E-state index in [1.807, 2.05) is 26.2 Å². The van der Waals surface area contributed by atoms with Crippen LogP contribution in [0, 0.1) is 5.41 Å². The molecule has 0 aliphatic carbocycles. The van der Waals surface area contributed by atoms with E-state index in [0.717, 1.165) is 47.6 Å². The highest BCUT2D eigenvalue weighted by molar-refractivity contribution is 6.50. The third-order valence-corrected chi connectivity index (χ3v) is 5.40. The fraction of sp³-hybridized carbons (Fsp3) is 0.350. The average Bonchev–Trinajstić information content (AvgIpc) is 3.34. The van der Waals surface area contributed by atoms with Crippen LogP contribution in [-0.4, -0.2) is 51.3 Å². The Morgan fingerprint density at radius 3 is 2.79 bits per heavy atom. The number of anilines is 1. The Morgan fingerprint density at radius 2 is 2.07 bits per heavy atom. The molecular formula is C20H24N8O. The minimum Gasteiger partial charge on any atom is -0.409 e. The molecule has 150 valence electrons. The maximum absolute atomic E-state index is 9.09. The molecule has 4 N–H and O–H groups in total. The number of aliphatic imine (C=N–C) groups is 1. The number of nitrogens with one attached hydrogen (secondary N) is 3. The molecule has 0 bridgehead atoms. The van der Waals surface area contributed by atoms with Crippen LogP contribution >= 0.6 is 0 Å². The number of aromatic nitrogens is 3. The van der Waals surface area contributed by atoms with Gasteiger partial charge < -0.3 is 15.8 Å². The van der Waals surface area contributed by atoms with Gasteiger partial charge in [-0.2, -0.15) is 5.10 Å². The second-order valence-corrected chi connectivity index (χ2v) is 7.06. The summed E-state index contributed by atoms with van der Waals surface area (Å²) in [6.45, 7) is 2.81. The maximum atomic E-state index is 9.09. The van der Waals surface area contributed by atoms with Crippen molar-refractivity contribution in [3.8, 4) is 11.1 Å². The molecule has 0 saturated carbocycles. The van der Waals surface area contributed by atoms with Gasteiger partial charge in [-0.1, -0.05) is 5.16 Å². The van der Waals surface area contributed by atoms with Crippen LogP contribution in [0.4, 0.5) is 5.82 Å². The zero-order valence-electron chi connectivity index (χ0n) is 16.7. The monoisotopic (exact) mass is 392 g/mol. The minimum absolute atomic E-state index is 0.00452. The van der Waals surface area contributed by atoms with Gasteiger partial charge in [-0.15, -0.1) is 0 Å². The molecule has 0 aromatic carbocycles. The quantitative estimate of drug-likeness (QED) is 0.459. The molecule has 9 heteroatoms. The molecular weight excluding hydrogens is 368 g/mol. The van der Waals surface area contributed by atoms with Crippen molar-refractivity contribution in [3.05, 3.63) is 41.0 Å². The molecule has 2 aromatic rings. The van der Waals surface area contributed by atoms with E-state index in [-0.39, 0.29) is 11.5 Å². The smallest absolute Gasteiger partial charge is 0.218 e. The molecule has 9 nitrogen and oxygen atoms in total. The Morgan fingerprint density at radius 1 is 1.24 bits per heavy atom. The van der Waals surface area contributed by atoms with Crippen LogP contribution in [0.25, 0.3) is 11.1 Å². The standard InChI is InChI=1S/C20H24N8O/c1-11-14(18(22-2)17(21)20(25-11)27-29)9-12-6-7-13(19(23-3)26-12)15-10-24-28-8-4-5-16(15)28/h6-7,10,21-22,29H,4-5,8-9H2,1-3H3,(H,23,26)/b21-17?,27-20+. The van der Waals surface area contributed by atoms with E-state index in [0.29, 0.717) is 17.8 Å². The van der Waals surface area contributed by atoms with Gasteiger partial charge in [0.1, 0.15) is 11.5 Å². The van der Waals surface area contributed by atoms with E-state index in [1.54, 1.807) is 7.05 Å². The number of oxime groups is 1. The number of hydrogen-bond acceptors (Lipinski definition) is 7. The van der Waals surface area contributed by atoms with Gasteiger partial charge in [-0.25, -0.2) is 9.98 Å². The Labute approximate surface area is 168 Å². The fourth-order valence-corrected chi connectivity index (χ4v) is 3.97. The van der Waals surface area contributed by atoms with Crippen molar-refractivity contribution >= 4 is 23.1 Å². The first-order valence-corrected chi connectivity index (χ1v) is 9.58. The number of dihydropyridines is 1. The van der Waals surface area contributed by atoms with Gasteiger partial charge in [0.05, 0.1) is 11.9 Å². The third kappa shape index (κ3) is 3.18. The van der Waals surface area contributed by atoms with E-state index in [9.17, 15) is 0 Å². The number of amidine groups is 1. The normalized spacial score (nSPS) is 17.6. The summed E-state index contributed by atoms with van der Waals surface area (Å²) >= 11 is 0. The number of nitrogens with zero attached hydrogens (tertiary/aromatic N) is 5. The molecule has 0 amide bonds. The van der Waals surface area contributed by atoms with E-state index in [1.165, 1.54) is 5.69 Å². The predicted octanol–water partition coefficient (Wildman–Crippen LogP) is 2.23. The number of aryl methyl sites for hydroxylation is 1. The average molecular weight is 392 g/mol. The second-order valence-electron chi connectivity index (χ2n) is 7.06. The first kappa shape index (κ1) is 18.9. The zero-order valence-corrected chi connectivity index (χ0v) is 16.7. The van der Waals surface area contributed by atoms with E-state index in [2.05, 4.69) is 36.6 Å². The van der Waals surface area contributed by atoms with Crippen LogP contribution in [0.2, 0.25) is 0 Å².